The Morgan fingerprint density at radius 3 is 2.00 bits per heavy atom. The number of halogens is 3. The van der Waals surface area contributed by atoms with Crippen LogP contribution in [0.5, 0.6) is 0 Å². The summed E-state index contributed by atoms with van der Waals surface area (Å²) in [7, 11) is -4.49. The maximum absolute atomic E-state index is 13.9. The molecule has 226 valence electrons. The van der Waals surface area contributed by atoms with Gasteiger partial charge in [0.15, 0.2) is 0 Å². The predicted octanol–water partition coefficient (Wildman–Crippen LogP) is 5.71. The fourth-order valence-electron chi connectivity index (χ4n) is 4.13. The summed E-state index contributed by atoms with van der Waals surface area (Å²) in [5.41, 5.74) is 1.07. The Hall–Kier alpha value is -3.86. The Bertz CT molecular complexity index is 1490. The molecule has 0 saturated heterocycles. The van der Waals surface area contributed by atoms with Gasteiger partial charge in [-0.05, 0) is 62.6 Å². The van der Waals surface area contributed by atoms with Gasteiger partial charge in [0, 0.05) is 13.1 Å². The van der Waals surface area contributed by atoms with Crippen LogP contribution in [-0.2, 0) is 32.3 Å². The van der Waals surface area contributed by atoms with Gasteiger partial charge < -0.3 is 10.2 Å². The summed E-state index contributed by atoms with van der Waals surface area (Å²) in [6, 6.07) is 15.9. The number of alkyl halides is 3. The Morgan fingerprint density at radius 1 is 0.881 bits per heavy atom. The number of sulfonamides is 1. The van der Waals surface area contributed by atoms with E-state index in [1.165, 1.54) is 30.0 Å². The lowest BCUT2D eigenvalue weighted by atomic mass is 10.1. The molecule has 0 fully saturated rings. The van der Waals surface area contributed by atoms with Gasteiger partial charge in [-0.15, -0.1) is 0 Å². The number of anilines is 1. The second-order valence-corrected chi connectivity index (χ2v) is 12.6. The van der Waals surface area contributed by atoms with Gasteiger partial charge in [0.25, 0.3) is 10.0 Å². The van der Waals surface area contributed by atoms with E-state index < -0.39 is 46.2 Å². The Morgan fingerprint density at radius 2 is 1.45 bits per heavy atom. The first-order chi connectivity index (χ1) is 19.6. The summed E-state index contributed by atoms with van der Waals surface area (Å²) in [6.07, 6.45) is -4.74. The van der Waals surface area contributed by atoms with E-state index in [1.807, 2.05) is 32.9 Å². The highest BCUT2D eigenvalue weighted by Crippen LogP contribution is 2.33. The van der Waals surface area contributed by atoms with E-state index in [2.05, 4.69) is 5.32 Å². The van der Waals surface area contributed by atoms with Gasteiger partial charge in [0.1, 0.15) is 12.6 Å². The summed E-state index contributed by atoms with van der Waals surface area (Å²) in [5.74, 6) is -1.04. The Labute approximate surface area is 245 Å². The van der Waals surface area contributed by atoms with Crippen LogP contribution >= 0.6 is 0 Å². The van der Waals surface area contributed by atoms with Gasteiger partial charge in [-0.25, -0.2) is 8.42 Å². The van der Waals surface area contributed by atoms with Gasteiger partial charge in [0.2, 0.25) is 11.8 Å². The Balaban J connectivity index is 2.07. The molecule has 1 atom stereocenters. The van der Waals surface area contributed by atoms with Crippen molar-refractivity contribution in [2.24, 2.45) is 5.92 Å². The molecule has 0 aliphatic carbocycles. The minimum absolute atomic E-state index is 0.0175. The number of amides is 2. The summed E-state index contributed by atoms with van der Waals surface area (Å²) in [4.78, 5) is 28.0. The highest BCUT2D eigenvalue weighted by Gasteiger charge is 2.35. The lowest BCUT2D eigenvalue weighted by Crippen LogP contribution is -2.51. The first kappa shape index (κ1) is 32.7. The smallest absolute Gasteiger partial charge is 0.354 e. The molecular weight excluding hydrogens is 567 g/mol. The molecule has 0 aliphatic rings. The van der Waals surface area contributed by atoms with E-state index in [-0.39, 0.29) is 23.0 Å². The number of nitrogens with one attached hydrogen (secondary N) is 1. The van der Waals surface area contributed by atoms with E-state index in [4.69, 9.17) is 0 Å². The zero-order valence-electron chi connectivity index (χ0n) is 24.3. The maximum Gasteiger partial charge on any atom is 0.416 e. The molecule has 2 amide bonds. The number of aryl methyl sites for hydroxylation is 2. The average Bonchev–Trinajstić information content (AvgIpc) is 2.93. The van der Waals surface area contributed by atoms with Crippen LogP contribution < -0.4 is 9.62 Å². The van der Waals surface area contributed by atoms with E-state index >= 15 is 0 Å². The van der Waals surface area contributed by atoms with E-state index in [1.54, 1.807) is 31.2 Å². The monoisotopic (exact) mass is 603 g/mol. The van der Waals surface area contributed by atoms with Crippen molar-refractivity contribution >= 4 is 27.5 Å². The number of rotatable bonds is 11. The number of benzene rings is 3. The predicted molar refractivity (Wildman–Crippen MR) is 156 cm³/mol. The van der Waals surface area contributed by atoms with Crippen molar-refractivity contribution in [1.29, 1.82) is 0 Å². The molecule has 0 unspecified atom stereocenters. The first-order valence-electron chi connectivity index (χ1n) is 13.5. The molecule has 3 aromatic rings. The van der Waals surface area contributed by atoms with Crippen molar-refractivity contribution in [1.82, 2.24) is 10.2 Å². The highest BCUT2D eigenvalue weighted by atomic mass is 32.2. The first-order valence-corrected chi connectivity index (χ1v) is 14.9. The molecule has 0 radical (unpaired) electrons. The normalized spacial score (nSPS) is 12.6. The fourth-order valence-corrected chi connectivity index (χ4v) is 5.53. The van der Waals surface area contributed by atoms with Gasteiger partial charge in [-0.2, -0.15) is 13.2 Å². The van der Waals surface area contributed by atoms with Crippen LogP contribution in [0.4, 0.5) is 18.9 Å². The van der Waals surface area contributed by atoms with Crippen LogP contribution in [0.2, 0.25) is 0 Å². The van der Waals surface area contributed by atoms with Gasteiger partial charge in [0.05, 0.1) is 16.1 Å². The zero-order valence-corrected chi connectivity index (χ0v) is 25.1. The summed E-state index contributed by atoms with van der Waals surface area (Å²) < 4.78 is 69.1. The zero-order chi connectivity index (χ0) is 31.2. The SMILES string of the molecule is Cc1ccc(CN(C(=O)CN(c2cccc(C(F)(F)F)c2)S(=O)(=O)c2ccc(C)cc2)[C@H](C)C(=O)NCC(C)C)cc1. The van der Waals surface area contributed by atoms with E-state index in [0.29, 0.717) is 22.5 Å². The van der Waals surface area contributed by atoms with Crippen LogP contribution in [0.3, 0.4) is 0 Å². The molecule has 0 heterocycles. The third kappa shape index (κ3) is 8.34. The van der Waals surface area contributed by atoms with Crippen molar-refractivity contribution in [3.05, 3.63) is 95.1 Å². The summed E-state index contributed by atoms with van der Waals surface area (Å²) >= 11 is 0. The molecule has 42 heavy (non-hydrogen) atoms. The fraction of sp³-hybridized carbons (Fsp3) is 0.355. The van der Waals surface area contributed by atoms with Gasteiger partial charge in [-0.1, -0.05) is 67.4 Å². The largest absolute Gasteiger partial charge is 0.416 e. The van der Waals surface area contributed by atoms with E-state index in [9.17, 15) is 31.2 Å². The quantitative estimate of drug-likeness (QED) is 0.304. The lowest BCUT2D eigenvalue weighted by Gasteiger charge is -2.32. The minimum Gasteiger partial charge on any atom is -0.354 e. The maximum atomic E-state index is 13.9. The Kier molecular flexibility index (Phi) is 10.4. The molecule has 3 rings (SSSR count). The number of carbonyl (C=O) groups is 2. The molecular formula is C31H36F3N3O4S. The molecule has 7 nitrogen and oxygen atoms in total. The lowest BCUT2D eigenvalue weighted by molar-refractivity contribution is -0.139. The third-order valence-corrected chi connectivity index (χ3v) is 8.46. The summed E-state index contributed by atoms with van der Waals surface area (Å²) in [6.45, 7) is 8.56. The number of hydrogen-bond donors (Lipinski definition) is 1. The van der Waals surface area contributed by atoms with Crippen LogP contribution in [0.15, 0.2) is 77.7 Å². The van der Waals surface area contributed by atoms with Crippen molar-refractivity contribution in [2.45, 2.75) is 58.3 Å². The molecule has 3 aromatic carbocycles. The van der Waals surface area contributed by atoms with E-state index in [0.717, 1.165) is 23.3 Å². The molecule has 0 aliphatic heterocycles. The number of carbonyl (C=O) groups excluding carboxylic acids is 2. The molecule has 0 spiro atoms. The minimum atomic E-state index is -4.74. The van der Waals surface area contributed by atoms with Gasteiger partial charge >= 0.3 is 6.18 Å². The molecule has 0 saturated carbocycles. The van der Waals surface area contributed by atoms with Crippen molar-refractivity contribution < 1.29 is 31.2 Å². The molecule has 1 N–H and O–H groups in total. The number of hydrogen-bond acceptors (Lipinski definition) is 4. The highest BCUT2D eigenvalue weighted by molar-refractivity contribution is 7.92. The van der Waals surface area contributed by atoms with Crippen molar-refractivity contribution in [2.75, 3.05) is 17.4 Å². The average molecular weight is 604 g/mol. The van der Waals surface area contributed by atoms with Gasteiger partial charge in [-0.3, -0.25) is 13.9 Å². The second-order valence-electron chi connectivity index (χ2n) is 10.7. The van der Waals surface area contributed by atoms with Crippen LogP contribution in [-0.4, -0.2) is 44.3 Å². The summed E-state index contributed by atoms with van der Waals surface area (Å²) in [5, 5.41) is 2.79. The standard InChI is InChI=1S/C31H36F3N3O4S/c1-21(2)18-35-30(39)24(5)36(19-25-13-9-22(3)10-14-25)29(38)20-37(27-8-6-7-26(17-27)31(32,33)34)42(40,41)28-15-11-23(4)12-16-28/h6-17,21,24H,18-20H2,1-5H3,(H,35,39)/t24-/m1/s1. The second kappa shape index (κ2) is 13.4. The van der Waals surface area contributed by atoms with Crippen LogP contribution in [0, 0.1) is 19.8 Å². The van der Waals surface area contributed by atoms with Crippen molar-refractivity contribution in [3.63, 3.8) is 0 Å². The number of nitrogens with zero attached hydrogens (tertiary/aromatic N) is 2. The van der Waals surface area contributed by atoms with Crippen molar-refractivity contribution in [3.8, 4) is 0 Å². The topological polar surface area (TPSA) is 86.8 Å². The van der Waals surface area contributed by atoms with Crippen LogP contribution in [0.25, 0.3) is 0 Å². The molecule has 11 heteroatoms. The molecule has 0 bridgehead atoms. The van der Waals surface area contributed by atoms with Crippen LogP contribution in [0.1, 0.15) is 43.0 Å². The third-order valence-electron chi connectivity index (χ3n) is 6.67. The molecule has 0 aromatic heterocycles.